The van der Waals surface area contributed by atoms with Crippen LogP contribution in [0.2, 0.25) is 0 Å². The number of benzene rings is 2. The molecule has 0 N–H and O–H groups in total. The summed E-state index contributed by atoms with van der Waals surface area (Å²) < 4.78 is 34.9. The second-order valence-corrected chi connectivity index (χ2v) is 10.1. The van der Waals surface area contributed by atoms with E-state index >= 15 is 0 Å². The van der Waals surface area contributed by atoms with E-state index in [4.69, 9.17) is 4.74 Å². The molecule has 2 aromatic carbocycles. The van der Waals surface area contributed by atoms with Gasteiger partial charge in [0.1, 0.15) is 5.75 Å². The smallest absolute Gasteiger partial charge is 0.400 e. The predicted octanol–water partition coefficient (Wildman–Crippen LogP) is 8.82. The lowest BCUT2D eigenvalue weighted by molar-refractivity contribution is -0.222. The monoisotopic (exact) mass is 438 g/mol. The zero-order chi connectivity index (χ0) is 22.6. The average molecular weight is 439 g/mol. The van der Waals surface area contributed by atoms with Gasteiger partial charge in [0, 0.05) is 0 Å². The molecule has 0 atom stereocenters. The van der Waals surface area contributed by atoms with Crippen molar-refractivity contribution in [2.75, 3.05) is 0 Å². The third kappa shape index (κ3) is 5.99. The first-order chi connectivity index (χ1) is 15.4. The number of aryl methyl sites for hydroxylation is 1. The van der Waals surface area contributed by atoms with Crippen molar-refractivity contribution in [1.82, 2.24) is 0 Å². The Bertz CT molecular complexity index is 868. The molecule has 2 aliphatic rings. The second kappa shape index (κ2) is 10.2. The van der Waals surface area contributed by atoms with E-state index in [2.05, 4.69) is 31.2 Å². The highest BCUT2D eigenvalue weighted by atomic mass is 19.3. The number of ether oxygens (including phenoxy) is 1. The van der Waals surface area contributed by atoms with Gasteiger partial charge in [-0.15, -0.1) is 0 Å². The molecule has 0 amide bonds. The van der Waals surface area contributed by atoms with E-state index in [-0.39, 0.29) is 5.75 Å². The molecule has 0 aliphatic heterocycles. The average Bonchev–Trinajstić information content (AvgIpc) is 2.80. The zero-order valence-corrected chi connectivity index (χ0v) is 19.4. The Kier molecular flexibility index (Phi) is 7.33. The summed E-state index contributed by atoms with van der Waals surface area (Å²) in [7, 11) is 0. The van der Waals surface area contributed by atoms with E-state index < -0.39 is 12.0 Å². The van der Waals surface area contributed by atoms with Crippen molar-refractivity contribution in [3.63, 3.8) is 0 Å². The second-order valence-electron chi connectivity index (χ2n) is 10.1. The van der Waals surface area contributed by atoms with Crippen molar-refractivity contribution >= 4 is 0 Å². The quantitative estimate of drug-likeness (QED) is 0.409. The van der Waals surface area contributed by atoms with Crippen LogP contribution in [0.25, 0.3) is 11.1 Å². The van der Waals surface area contributed by atoms with E-state index in [1.165, 1.54) is 31.2 Å². The summed E-state index contributed by atoms with van der Waals surface area (Å²) >= 11 is 0. The summed E-state index contributed by atoms with van der Waals surface area (Å²) in [5, 5.41) is 0. The fourth-order valence-corrected chi connectivity index (χ4v) is 5.14. The Morgan fingerprint density at radius 3 is 1.72 bits per heavy atom. The van der Waals surface area contributed by atoms with Crippen LogP contribution in [0.3, 0.4) is 0 Å². The third-order valence-corrected chi connectivity index (χ3v) is 7.46. The van der Waals surface area contributed by atoms with E-state index in [0.29, 0.717) is 24.7 Å². The molecule has 0 spiro atoms. The van der Waals surface area contributed by atoms with Crippen LogP contribution in [0.5, 0.6) is 5.75 Å². The van der Waals surface area contributed by atoms with Gasteiger partial charge in [0.2, 0.25) is 0 Å². The number of hydrogen-bond acceptors (Lipinski definition) is 1. The highest BCUT2D eigenvalue weighted by Crippen LogP contribution is 2.41. The van der Waals surface area contributed by atoms with Gasteiger partial charge in [-0.1, -0.05) is 73.9 Å². The summed E-state index contributed by atoms with van der Waals surface area (Å²) in [5.74, 6) is 1.52. The molecular weight excluding hydrogens is 402 g/mol. The Morgan fingerprint density at radius 1 is 0.719 bits per heavy atom. The van der Waals surface area contributed by atoms with Crippen LogP contribution in [0.1, 0.15) is 63.9 Å². The summed E-state index contributed by atoms with van der Waals surface area (Å²) in [6.45, 7) is 4.38. The highest BCUT2D eigenvalue weighted by Gasteiger charge is 2.43. The highest BCUT2D eigenvalue weighted by molar-refractivity contribution is 5.64. The molecule has 0 saturated heterocycles. The Morgan fingerprint density at radius 2 is 1.19 bits per heavy atom. The first-order valence-electron chi connectivity index (χ1n) is 12.3. The number of hydrogen-bond donors (Lipinski definition) is 0. The van der Waals surface area contributed by atoms with Gasteiger partial charge in [-0.05, 0) is 86.5 Å². The lowest BCUT2D eigenvalue weighted by atomic mass is 9.79. The number of halogens is 2. The topological polar surface area (TPSA) is 9.23 Å². The van der Waals surface area contributed by atoms with Gasteiger partial charge in [0.15, 0.2) is 0 Å². The van der Waals surface area contributed by atoms with E-state index in [0.717, 1.165) is 29.9 Å². The Balaban J connectivity index is 1.28. The van der Waals surface area contributed by atoms with Crippen molar-refractivity contribution < 1.29 is 13.5 Å². The number of alkyl halides is 2. The number of allylic oxidation sites excluding steroid dienone is 2. The molecule has 1 nitrogen and oxygen atoms in total. The molecule has 2 aliphatic carbocycles. The van der Waals surface area contributed by atoms with Crippen molar-refractivity contribution in [3.05, 3.63) is 66.2 Å². The molecular formula is C29H36F2O. The minimum Gasteiger partial charge on any atom is -0.432 e. The first-order valence-corrected chi connectivity index (χ1v) is 12.3. The molecule has 3 heteroatoms. The van der Waals surface area contributed by atoms with Crippen LogP contribution >= 0.6 is 0 Å². The molecule has 0 unspecified atom stereocenters. The van der Waals surface area contributed by atoms with Crippen LogP contribution in [-0.2, 0) is 0 Å². The molecule has 2 fully saturated rings. The SMILES string of the molecule is Cc1ccc(-c2ccc(OC(F)(F)C3CCC(/C=C/C4CCC(C)CC4)CC3)cc2)cc1. The fourth-order valence-electron chi connectivity index (χ4n) is 5.14. The van der Waals surface area contributed by atoms with Crippen molar-refractivity contribution in [2.24, 2.45) is 23.7 Å². The van der Waals surface area contributed by atoms with Gasteiger partial charge in [0.25, 0.3) is 0 Å². The standard InChI is InChI=1S/C29H36F2O/c1-21-3-7-23(8-4-21)9-10-24-11-17-27(18-12-24)29(30,31)32-28-19-15-26(16-20-28)25-13-5-22(2)6-14-25/h5-6,9-10,13-16,19-21,23-24,27H,3-4,7-8,11-12,17-18H2,1-2H3/b10-9+. The van der Waals surface area contributed by atoms with Crippen LogP contribution in [-0.4, -0.2) is 6.11 Å². The fraction of sp³-hybridized carbons (Fsp3) is 0.517. The molecule has 0 radical (unpaired) electrons. The maximum Gasteiger partial charge on any atom is 0.400 e. The summed E-state index contributed by atoms with van der Waals surface area (Å²) in [6, 6.07) is 15.2. The maximum absolute atomic E-state index is 14.9. The van der Waals surface area contributed by atoms with E-state index in [9.17, 15) is 8.78 Å². The molecule has 172 valence electrons. The van der Waals surface area contributed by atoms with Gasteiger partial charge in [0.05, 0.1) is 5.92 Å². The summed E-state index contributed by atoms with van der Waals surface area (Å²) in [6.07, 6.45) is 9.46. The van der Waals surface area contributed by atoms with Gasteiger partial charge in [-0.25, -0.2) is 0 Å². The molecule has 0 bridgehead atoms. The van der Waals surface area contributed by atoms with Crippen LogP contribution in [0, 0.1) is 30.6 Å². The zero-order valence-electron chi connectivity index (χ0n) is 19.4. The minimum atomic E-state index is -3.13. The minimum absolute atomic E-state index is 0.236. The molecule has 2 saturated carbocycles. The van der Waals surface area contributed by atoms with Gasteiger partial charge >= 0.3 is 6.11 Å². The van der Waals surface area contributed by atoms with Crippen molar-refractivity contribution in [2.45, 2.75) is 71.3 Å². The third-order valence-electron chi connectivity index (χ3n) is 7.46. The molecule has 0 aromatic heterocycles. The van der Waals surface area contributed by atoms with Crippen LogP contribution in [0.4, 0.5) is 8.78 Å². The largest absolute Gasteiger partial charge is 0.432 e. The van der Waals surface area contributed by atoms with Crippen molar-refractivity contribution in [1.29, 1.82) is 0 Å². The summed E-state index contributed by atoms with van der Waals surface area (Å²) in [5.41, 5.74) is 3.27. The molecule has 0 heterocycles. The van der Waals surface area contributed by atoms with Gasteiger partial charge < -0.3 is 4.74 Å². The van der Waals surface area contributed by atoms with Gasteiger partial charge in [-0.3, -0.25) is 0 Å². The molecule has 2 aromatic rings. The molecule has 32 heavy (non-hydrogen) atoms. The molecule has 4 rings (SSSR count). The lowest BCUT2D eigenvalue weighted by Crippen LogP contribution is -2.37. The summed E-state index contributed by atoms with van der Waals surface area (Å²) in [4.78, 5) is 0. The Hall–Kier alpha value is -2.16. The van der Waals surface area contributed by atoms with E-state index in [1.54, 1.807) is 12.1 Å². The van der Waals surface area contributed by atoms with Gasteiger partial charge in [-0.2, -0.15) is 8.78 Å². The van der Waals surface area contributed by atoms with Crippen LogP contribution < -0.4 is 4.74 Å². The Labute approximate surface area is 191 Å². The first kappa shape index (κ1) is 23.0. The maximum atomic E-state index is 14.9. The lowest BCUT2D eigenvalue weighted by Gasteiger charge is -2.32. The van der Waals surface area contributed by atoms with E-state index in [1.807, 2.05) is 31.2 Å². The normalized spacial score (nSPS) is 26.9. The van der Waals surface area contributed by atoms with Crippen LogP contribution in [0.15, 0.2) is 60.7 Å². The van der Waals surface area contributed by atoms with Crippen molar-refractivity contribution in [3.8, 4) is 16.9 Å². The predicted molar refractivity (Wildman–Crippen MR) is 128 cm³/mol. The number of rotatable bonds is 6.